The molecule has 3 unspecified atom stereocenters. The summed E-state index contributed by atoms with van der Waals surface area (Å²) in [4.78, 5) is 5.24. The van der Waals surface area contributed by atoms with Crippen LogP contribution in [-0.2, 0) is 0 Å². The number of benzene rings is 2. The summed E-state index contributed by atoms with van der Waals surface area (Å²) < 4.78 is 0. The third-order valence-electron chi connectivity index (χ3n) is 8.46. The van der Waals surface area contributed by atoms with Gasteiger partial charge < -0.3 is 0 Å². The van der Waals surface area contributed by atoms with Crippen LogP contribution in [0.3, 0.4) is 0 Å². The zero-order chi connectivity index (χ0) is 24.8. The van der Waals surface area contributed by atoms with Crippen LogP contribution in [0.15, 0.2) is 83.9 Å². The van der Waals surface area contributed by atoms with E-state index in [1.165, 1.54) is 22.3 Å². The van der Waals surface area contributed by atoms with E-state index in [1.54, 1.807) is 5.19 Å². The van der Waals surface area contributed by atoms with Crippen molar-refractivity contribution in [3.63, 3.8) is 0 Å². The van der Waals surface area contributed by atoms with Gasteiger partial charge in [-0.15, -0.1) is 0 Å². The van der Waals surface area contributed by atoms with Crippen LogP contribution in [0.2, 0.25) is 43.8 Å². The molecule has 0 aromatic heterocycles. The molecule has 0 radical (unpaired) electrons. The largest absolute Gasteiger partial charge is 0.281 e. The van der Waals surface area contributed by atoms with E-state index in [0.717, 1.165) is 11.3 Å². The van der Waals surface area contributed by atoms with Gasteiger partial charge in [0.05, 0.1) is 27.9 Å². The minimum atomic E-state index is -1.51. The third-order valence-corrected chi connectivity index (χ3v) is 15.7. The number of dihydropyridines is 1. The molecule has 0 fully saturated rings. The predicted octanol–water partition coefficient (Wildman–Crippen LogP) is 8.22. The number of rotatable bonds is 4. The van der Waals surface area contributed by atoms with Crippen molar-refractivity contribution in [1.82, 2.24) is 0 Å². The van der Waals surface area contributed by atoms with Gasteiger partial charge in [-0.3, -0.25) is 4.99 Å². The van der Waals surface area contributed by atoms with Crippen LogP contribution >= 0.6 is 0 Å². The molecule has 0 N–H and O–H groups in total. The van der Waals surface area contributed by atoms with Crippen LogP contribution in [0.4, 0.5) is 0 Å². The molecule has 0 saturated heterocycles. The normalized spacial score (nSPS) is 27.6. The Balaban J connectivity index is 1.79. The highest BCUT2D eigenvalue weighted by Crippen LogP contribution is 2.45. The van der Waals surface area contributed by atoms with E-state index in [0.29, 0.717) is 17.0 Å². The molecule has 34 heavy (non-hydrogen) atoms. The fraction of sp³-hybridized carbons (Fsp3) is 0.387. The first kappa shape index (κ1) is 24.9. The number of aliphatic imine (C=N–C) groups is 1. The summed E-state index contributed by atoms with van der Waals surface area (Å²) in [5, 5.41) is 1.58. The van der Waals surface area contributed by atoms with Crippen LogP contribution in [0.25, 0.3) is 11.1 Å². The van der Waals surface area contributed by atoms with Gasteiger partial charge in [-0.05, 0) is 58.4 Å². The Hall–Kier alpha value is -2.24. The Morgan fingerprint density at radius 2 is 1.56 bits per heavy atom. The lowest BCUT2D eigenvalue weighted by Crippen LogP contribution is -2.52. The molecule has 0 aliphatic carbocycles. The van der Waals surface area contributed by atoms with Crippen molar-refractivity contribution in [3.05, 3.63) is 90.0 Å². The average Bonchev–Trinajstić information content (AvgIpc) is 2.79. The molecule has 2 aromatic carbocycles. The standard InChI is InChI=1S/C31H41NSi2/c1-21(19-27-22(2)24(4)34(8,9)30-18-14-13-17-26(27)30)29-20-28(25-15-11-10-12-16-25)31(23(3)32-29)33(5,6)7/h10-20,22-24,31H,1H2,2-9H3/b27-19+/t22?,23?,24-,31?/m0/s1. The topological polar surface area (TPSA) is 12.4 Å². The minimum Gasteiger partial charge on any atom is -0.281 e. The average molecular weight is 484 g/mol. The quantitative estimate of drug-likeness (QED) is 0.388. The molecule has 2 heterocycles. The monoisotopic (exact) mass is 483 g/mol. The molecule has 2 aromatic rings. The lowest BCUT2D eigenvalue weighted by atomic mass is 9.87. The Labute approximate surface area is 209 Å². The molecular formula is C31H41NSi2. The van der Waals surface area contributed by atoms with Crippen molar-refractivity contribution in [2.45, 2.75) is 70.6 Å². The highest BCUT2D eigenvalue weighted by atomic mass is 28.3. The fourth-order valence-electron chi connectivity index (χ4n) is 6.24. The molecule has 0 amide bonds. The summed E-state index contributed by atoms with van der Waals surface area (Å²) in [7, 11) is -2.99. The van der Waals surface area contributed by atoms with Gasteiger partial charge in [0.15, 0.2) is 0 Å². The zero-order valence-electron chi connectivity index (χ0n) is 22.3. The maximum absolute atomic E-state index is 5.24. The summed E-state index contributed by atoms with van der Waals surface area (Å²) in [6.45, 7) is 24.2. The van der Waals surface area contributed by atoms with Gasteiger partial charge in [-0.2, -0.15) is 0 Å². The van der Waals surface area contributed by atoms with E-state index >= 15 is 0 Å². The first-order chi connectivity index (χ1) is 15.9. The van der Waals surface area contributed by atoms with Crippen molar-refractivity contribution in [2.24, 2.45) is 10.9 Å². The van der Waals surface area contributed by atoms with Crippen molar-refractivity contribution in [2.75, 3.05) is 0 Å². The lowest BCUT2D eigenvalue weighted by molar-refractivity contribution is 0.687. The van der Waals surface area contributed by atoms with Crippen molar-refractivity contribution in [1.29, 1.82) is 0 Å². The summed E-state index contributed by atoms with van der Waals surface area (Å²) in [6, 6.07) is 20.3. The molecule has 4 atom stereocenters. The zero-order valence-corrected chi connectivity index (χ0v) is 24.3. The molecule has 178 valence electrons. The third kappa shape index (κ3) is 4.41. The highest BCUT2D eigenvalue weighted by Gasteiger charge is 2.42. The summed E-state index contributed by atoms with van der Waals surface area (Å²) in [5.74, 6) is 0.516. The molecule has 2 aliphatic heterocycles. The second-order valence-electron chi connectivity index (χ2n) is 12.0. The number of fused-ring (bicyclic) bond motifs is 1. The van der Waals surface area contributed by atoms with Gasteiger partial charge in [-0.1, -0.05) is 113 Å². The van der Waals surface area contributed by atoms with E-state index in [9.17, 15) is 0 Å². The summed E-state index contributed by atoms with van der Waals surface area (Å²) in [5.41, 5.74) is 8.90. The Morgan fingerprint density at radius 3 is 2.21 bits per heavy atom. The smallest absolute Gasteiger partial charge is 0.0848 e. The van der Waals surface area contributed by atoms with E-state index < -0.39 is 16.1 Å². The second-order valence-corrected chi connectivity index (χ2v) is 22.3. The summed E-state index contributed by atoms with van der Waals surface area (Å²) in [6.07, 6.45) is 4.70. The van der Waals surface area contributed by atoms with Crippen molar-refractivity contribution >= 4 is 38.2 Å². The first-order valence-electron chi connectivity index (χ1n) is 12.8. The minimum absolute atomic E-state index is 0.262. The van der Waals surface area contributed by atoms with E-state index in [2.05, 4.69) is 127 Å². The van der Waals surface area contributed by atoms with Crippen LogP contribution in [0.5, 0.6) is 0 Å². The van der Waals surface area contributed by atoms with Crippen LogP contribution in [0.1, 0.15) is 31.9 Å². The van der Waals surface area contributed by atoms with Crippen molar-refractivity contribution in [3.8, 4) is 0 Å². The Morgan fingerprint density at radius 1 is 0.941 bits per heavy atom. The Bertz CT molecular complexity index is 1180. The van der Waals surface area contributed by atoms with Crippen LogP contribution < -0.4 is 5.19 Å². The number of allylic oxidation sites excluding steroid dienone is 4. The molecule has 3 heteroatoms. The van der Waals surface area contributed by atoms with Gasteiger partial charge in [0.2, 0.25) is 0 Å². The number of nitrogens with zero attached hydrogens (tertiary/aromatic N) is 1. The van der Waals surface area contributed by atoms with Crippen molar-refractivity contribution < 1.29 is 0 Å². The maximum Gasteiger partial charge on any atom is 0.0848 e. The molecule has 2 aliphatic rings. The maximum atomic E-state index is 5.24. The van der Waals surface area contributed by atoms with E-state index in [4.69, 9.17) is 4.99 Å². The molecule has 4 rings (SSSR count). The van der Waals surface area contributed by atoms with Gasteiger partial charge in [0.25, 0.3) is 0 Å². The molecule has 1 nitrogen and oxygen atoms in total. The lowest BCUT2D eigenvalue weighted by Gasteiger charge is -2.43. The van der Waals surface area contributed by atoms with Gasteiger partial charge in [0.1, 0.15) is 0 Å². The van der Waals surface area contributed by atoms with E-state index in [-0.39, 0.29) is 6.04 Å². The van der Waals surface area contributed by atoms with Gasteiger partial charge >= 0.3 is 0 Å². The molecule has 0 bridgehead atoms. The predicted molar refractivity (Wildman–Crippen MR) is 158 cm³/mol. The first-order valence-corrected chi connectivity index (χ1v) is 19.4. The molecular weight excluding hydrogens is 443 g/mol. The van der Waals surface area contributed by atoms with Gasteiger partial charge in [-0.25, -0.2) is 0 Å². The summed E-state index contributed by atoms with van der Waals surface area (Å²) >= 11 is 0. The van der Waals surface area contributed by atoms with E-state index in [1.807, 2.05) is 0 Å². The fourth-order valence-corrected chi connectivity index (χ4v) is 12.3. The van der Waals surface area contributed by atoms with Crippen LogP contribution in [-0.4, -0.2) is 27.9 Å². The molecule has 0 saturated carbocycles. The van der Waals surface area contributed by atoms with Crippen LogP contribution in [0, 0.1) is 5.92 Å². The second kappa shape index (κ2) is 9.09. The highest BCUT2D eigenvalue weighted by molar-refractivity contribution is 6.92. The number of hydrogen-bond donors (Lipinski definition) is 0. The Kier molecular flexibility index (Phi) is 6.65. The van der Waals surface area contributed by atoms with Gasteiger partial charge in [0, 0.05) is 5.54 Å². The molecule has 0 spiro atoms. The SMILES string of the molecule is C=C(/C=C1/c2ccccc2[Si](C)(C)[C@@H](C)C1C)C1=NC(C)C([Si](C)(C)C)C(c2ccccc2)=C1. The number of hydrogen-bond acceptors (Lipinski definition) is 1.